The first-order valence-corrected chi connectivity index (χ1v) is 7.17. The summed E-state index contributed by atoms with van der Waals surface area (Å²) in [7, 11) is 0. The van der Waals surface area contributed by atoms with E-state index in [9.17, 15) is 0 Å². The minimum atomic E-state index is 0.567. The molecule has 1 aromatic carbocycles. The summed E-state index contributed by atoms with van der Waals surface area (Å²) in [5.74, 6) is 1.44. The van der Waals surface area contributed by atoms with Gasteiger partial charge in [0.2, 0.25) is 0 Å². The number of fused-ring (bicyclic) bond motifs is 1. The zero-order valence-electron chi connectivity index (χ0n) is 10.8. The van der Waals surface area contributed by atoms with Crippen LogP contribution in [0.3, 0.4) is 0 Å². The van der Waals surface area contributed by atoms with E-state index in [4.69, 9.17) is 21.1 Å². The topological polar surface area (TPSA) is 30.5 Å². The lowest BCUT2D eigenvalue weighted by Crippen LogP contribution is -2.29. The smallest absolute Gasteiger partial charge is 0.179 e. The van der Waals surface area contributed by atoms with Gasteiger partial charge in [-0.15, -0.1) is 0 Å². The van der Waals surface area contributed by atoms with E-state index in [0.717, 1.165) is 24.3 Å². The van der Waals surface area contributed by atoms with Gasteiger partial charge in [-0.25, -0.2) is 0 Å². The Kier molecular flexibility index (Phi) is 3.95. The Bertz CT molecular complexity index is 487. The molecular weight excluding hydrogens is 262 g/mol. The van der Waals surface area contributed by atoms with E-state index in [2.05, 4.69) is 17.5 Å². The molecule has 1 atom stereocenters. The van der Waals surface area contributed by atoms with E-state index < -0.39 is 0 Å². The monoisotopic (exact) mass is 279 g/mol. The molecule has 1 N–H and O–H groups in total. The number of nitrogens with one attached hydrogen (secondary N) is 1. The number of halogens is 1. The Morgan fingerprint density at radius 1 is 1.21 bits per heavy atom. The summed E-state index contributed by atoms with van der Waals surface area (Å²) in [6.07, 6.45) is 7.98. The maximum absolute atomic E-state index is 6.22. The Hall–Kier alpha value is -1.19. The van der Waals surface area contributed by atoms with Gasteiger partial charge in [0.25, 0.3) is 0 Å². The highest BCUT2D eigenvalue weighted by atomic mass is 35.5. The van der Waals surface area contributed by atoms with Crippen LogP contribution >= 0.6 is 11.6 Å². The summed E-state index contributed by atoms with van der Waals surface area (Å²) in [6.45, 7) is 1.97. The Labute approximate surface area is 118 Å². The molecule has 0 saturated heterocycles. The SMILES string of the molecule is Clc1cc(CNC2CC=CCC2)cc2c1OCCO2. The molecule has 3 rings (SSSR count). The van der Waals surface area contributed by atoms with E-state index in [0.29, 0.717) is 30.0 Å². The molecule has 0 bridgehead atoms. The van der Waals surface area contributed by atoms with Crippen molar-refractivity contribution in [1.29, 1.82) is 0 Å². The normalized spacial score (nSPS) is 21.4. The molecule has 0 saturated carbocycles. The molecule has 0 amide bonds. The van der Waals surface area contributed by atoms with Gasteiger partial charge in [-0.3, -0.25) is 0 Å². The molecule has 1 aromatic rings. The molecule has 0 radical (unpaired) electrons. The average molecular weight is 280 g/mol. The molecule has 1 aliphatic carbocycles. The lowest BCUT2D eigenvalue weighted by atomic mass is 10.0. The van der Waals surface area contributed by atoms with E-state index in [1.165, 1.54) is 12.8 Å². The van der Waals surface area contributed by atoms with Gasteiger partial charge in [0, 0.05) is 12.6 Å². The summed E-state index contributed by atoms with van der Waals surface area (Å²) < 4.78 is 11.1. The predicted molar refractivity (Wildman–Crippen MR) is 76.1 cm³/mol. The third kappa shape index (κ3) is 3.04. The van der Waals surface area contributed by atoms with Crippen LogP contribution in [0.1, 0.15) is 24.8 Å². The van der Waals surface area contributed by atoms with Gasteiger partial charge in [0.05, 0.1) is 5.02 Å². The minimum absolute atomic E-state index is 0.567. The third-order valence-electron chi connectivity index (χ3n) is 3.52. The van der Waals surface area contributed by atoms with Gasteiger partial charge in [0.1, 0.15) is 13.2 Å². The molecule has 2 aliphatic rings. The van der Waals surface area contributed by atoms with Crippen molar-refractivity contribution in [2.45, 2.75) is 31.8 Å². The third-order valence-corrected chi connectivity index (χ3v) is 3.80. The quantitative estimate of drug-likeness (QED) is 0.861. The van der Waals surface area contributed by atoms with Crippen LogP contribution in [0, 0.1) is 0 Å². The van der Waals surface area contributed by atoms with Gasteiger partial charge in [-0.2, -0.15) is 0 Å². The second-order valence-corrected chi connectivity index (χ2v) is 5.37. The first kappa shape index (κ1) is 12.8. The number of allylic oxidation sites excluding steroid dienone is 1. The predicted octanol–water partition coefficient (Wildman–Crippen LogP) is 3.31. The second-order valence-electron chi connectivity index (χ2n) is 4.96. The Morgan fingerprint density at radius 3 is 2.95 bits per heavy atom. The fraction of sp³-hybridized carbons (Fsp3) is 0.467. The number of benzene rings is 1. The highest BCUT2D eigenvalue weighted by molar-refractivity contribution is 6.32. The first-order valence-electron chi connectivity index (χ1n) is 6.79. The molecule has 0 spiro atoms. The summed E-state index contributed by atoms with van der Waals surface area (Å²) in [6, 6.07) is 4.55. The van der Waals surface area contributed by atoms with Crippen LogP contribution in [-0.2, 0) is 6.54 Å². The summed E-state index contributed by atoms with van der Waals surface area (Å²) in [5.41, 5.74) is 1.14. The van der Waals surface area contributed by atoms with Gasteiger partial charge < -0.3 is 14.8 Å². The zero-order chi connectivity index (χ0) is 13.1. The average Bonchev–Trinajstić information content (AvgIpc) is 2.46. The first-order chi connectivity index (χ1) is 9.33. The Morgan fingerprint density at radius 2 is 2.11 bits per heavy atom. The van der Waals surface area contributed by atoms with Gasteiger partial charge in [-0.05, 0) is 37.0 Å². The van der Waals surface area contributed by atoms with Crippen molar-refractivity contribution in [1.82, 2.24) is 5.32 Å². The van der Waals surface area contributed by atoms with Crippen molar-refractivity contribution >= 4 is 11.6 Å². The maximum Gasteiger partial charge on any atom is 0.179 e. The molecule has 1 aliphatic heterocycles. The molecule has 0 fully saturated rings. The fourth-order valence-electron chi connectivity index (χ4n) is 2.51. The number of ether oxygens (including phenoxy) is 2. The highest BCUT2D eigenvalue weighted by Gasteiger charge is 2.17. The van der Waals surface area contributed by atoms with Crippen molar-refractivity contribution in [3.8, 4) is 11.5 Å². The standard InChI is InChI=1S/C15H18ClNO2/c16-13-8-11(9-14-15(13)19-7-6-18-14)10-17-12-4-2-1-3-5-12/h1-2,8-9,12,17H,3-7,10H2. The fourth-order valence-corrected chi connectivity index (χ4v) is 2.80. The summed E-state index contributed by atoms with van der Waals surface area (Å²) in [5, 5.41) is 4.20. The molecule has 4 heteroatoms. The minimum Gasteiger partial charge on any atom is -0.486 e. The number of hydrogen-bond donors (Lipinski definition) is 1. The summed E-state index contributed by atoms with van der Waals surface area (Å²) >= 11 is 6.22. The van der Waals surface area contributed by atoms with E-state index >= 15 is 0 Å². The number of rotatable bonds is 3. The van der Waals surface area contributed by atoms with E-state index in [1.807, 2.05) is 12.1 Å². The van der Waals surface area contributed by atoms with Gasteiger partial charge >= 0.3 is 0 Å². The van der Waals surface area contributed by atoms with Crippen LogP contribution in [0.5, 0.6) is 11.5 Å². The van der Waals surface area contributed by atoms with Gasteiger partial charge in [-0.1, -0.05) is 23.8 Å². The van der Waals surface area contributed by atoms with Crippen LogP contribution in [0.25, 0.3) is 0 Å². The van der Waals surface area contributed by atoms with Crippen LogP contribution in [0.4, 0.5) is 0 Å². The molecule has 102 valence electrons. The van der Waals surface area contributed by atoms with Gasteiger partial charge in [0.15, 0.2) is 11.5 Å². The van der Waals surface area contributed by atoms with Crippen molar-refractivity contribution in [3.63, 3.8) is 0 Å². The van der Waals surface area contributed by atoms with Crippen molar-refractivity contribution in [3.05, 3.63) is 34.9 Å². The zero-order valence-corrected chi connectivity index (χ0v) is 11.6. The summed E-state index contributed by atoms with van der Waals surface area (Å²) in [4.78, 5) is 0. The van der Waals surface area contributed by atoms with E-state index in [1.54, 1.807) is 0 Å². The molecule has 3 nitrogen and oxygen atoms in total. The molecule has 1 unspecified atom stereocenters. The lowest BCUT2D eigenvalue weighted by molar-refractivity contribution is 0.171. The molecule has 1 heterocycles. The largest absolute Gasteiger partial charge is 0.486 e. The highest BCUT2D eigenvalue weighted by Crippen LogP contribution is 2.38. The second kappa shape index (κ2) is 5.85. The van der Waals surface area contributed by atoms with Crippen molar-refractivity contribution in [2.24, 2.45) is 0 Å². The van der Waals surface area contributed by atoms with Crippen molar-refractivity contribution in [2.75, 3.05) is 13.2 Å². The maximum atomic E-state index is 6.22. The molecule has 0 aromatic heterocycles. The van der Waals surface area contributed by atoms with Crippen LogP contribution < -0.4 is 14.8 Å². The molecule has 19 heavy (non-hydrogen) atoms. The molecular formula is C15H18ClNO2. The van der Waals surface area contributed by atoms with Crippen LogP contribution in [0.15, 0.2) is 24.3 Å². The number of hydrogen-bond acceptors (Lipinski definition) is 3. The van der Waals surface area contributed by atoms with E-state index in [-0.39, 0.29) is 0 Å². The van der Waals surface area contributed by atoms with Crippen LogP contribution in [0.2, 0.25) is 5.02 Å². The Balaban J connectivity index is 1.67. The lowest BCUT2D eigenvalue weighted by Gasteiger charge is -2.22. The van der Waals surface area contributed by atoms with Crippen LogP contribution in [-0.4, -0.2) is 19.3 Å². The van der Waals surface area contributed by atoms with Crippen molar-refractivity contribution < 1.29 is 9.47 Å².